The van der Waals surface area contributed by atoms with Gasteiger partial charge in [-0.05, 0) is 38.1 Å². The first-order valence-electron chi connectivity index (χ1n) is 6.20. The fourth-order valence-electron chi connectivity index (χ4n) is 1.89. The van der Waals surface area contributed by atoms with E-state index >= 15 is 0 Å². The van der Waals surface area contributed by atoms with E-state index in [1.54, 1.807) is 26.0 Å². The Bertz CT molecular complexity index is 359. The summed E-state index contributed by atoms with van der Waals surface area (Å²) in [7, 11) is 0. The van der Waals surface area contributed by atoms with Gasteiger partial charge in [-0.1, -0.05) is 30.7 Å². The molecule has 0 spiro atoms. The van der Waals surface area contributed by atoms with Gasteiger partial charge in [0.25, 0.3) is 0 Å². The Hall–Kier alpha value is -0.610. The second-order valence-corrected chi connectivity index (χ2v) is 5.64. The minimum Gasteiger partial charge on any atom is -0.389 e. The third-order valence-electron chi connectivity index (χ3n) is 2.74. The molecule has 0 aliphatic heterocycles. The molecular formula is C14H22ClNO2. The predicted molar refractivity (Wildman–Crippen MR) is 74.8 cm³/mol. The van der Waals surface area contributed by atoms with E-state index in [-0.39, 0.29) is 0 Å². The van der Waals surface area contributed by atoms with Gasteiger partial charge in [0.2, 0.25) is 0 Å². The van der Waals surface area contributed by atoms with Crippen LogP contribution in [0.25, 0.3) is 0 Å². The van der Waals surface area contributed by atoms with Crippen molar-refractivity contribution in [3.05, 3.63) is 34.9 Å². The molecule has 4 heteroatoms. The fraction of sp³-hybridized carbons (Fsp3) is 0.571. The number of aliphatic hydroxyl groups is 2. The van der Waals surface area contributed by atoms with Crippen molar-refractivity contribution < 1.29 is 10.2 Å². The number of likely N-dealkylation sites (N-methyl/N-ethyl adjacent to an activating group) is 1. The van der Waals surface area contributed by atoms with Gasteiger partial charge in [-0.25, -0.2) is 0 Å². The molecule has 1 aromatic rings. The summed E-state index contributed by atoms with van der Waals surface area (Å²) in [6, 6.07) is 7.19. The third kappa shape index (κ3) is 5.36. The molecule has 0 fully saturated rings. The lowest BCUT2D eigenvalue weighted by Gasteiger charge is -2.29. The largest absolute Gasteiger partial charge is 0.389 e. The Kier molecular flexibility index (Phi) is 5.60. The summed E-state index contributed by atoms with van der Waals surface area (Å²) in [5.74, 6) is 0. The predicted octanol–water partition coefficient (Wildman–Crippen LogP) is 2.47. The van der Waals surface area contributed by atoms with Crippen LogP contribution in [-0.2, 0) is 0 Å². The van der Waals surface area contributed by atoms with Crippen LogP contribution in [0.3, 0.4) is 0 Å². The van der Waals surface area contributed by atoms with Crippen LogP contribution in [0.5, 0.6) is 0 Å². The first kappa shape index (κ1) is 15.4. The second-order valence-electron chi connectivity index (χ2n) is 5.21. The minimum absolute atomic E-state index is 0.502. The molecule has 0 saturated carbocycles. The number of rotatable bonds is 6. The van der Waals surface area contributed by atoms with Gasteiger partial charge in [0, 0.05) is 18.1 Å². The van der Waals surface area contributed by atoms with E-state index in [0.717, 1.165) is 12.1 Å². The van der Waals surface area contributed by atoms with Crippen molar-refractivity contribution in [3.63, 3.8) is 0 Å². The molecule has 18 heavy (non-hydrogen) atoms. The van der Waals surface area contributed by atoms with E-state index < -0.39 is 11.7 Å². The highest BCUT2D eigenvalue weighted by Crippen LogP contribution is 2.18. The topological polar surface area (TPSA) is 43.7 Å². The lowest BCUT2D eigenvalue weighted by molar-refractivity contribution is 0.0203. The first-order chi connectivity index (χ1) is 8.31. The van der Waals surface area contributed by atoms with Crippen LogP contribution in [0, 0.1) is 0 Å². The summed E-state index contributed by atoms with van der Waals surface area (Å²) < 4.78 is 0. The van der Waals surface area contributed by atoms with Crippen LogP contribution >= 0.6 is 11.6 Å². The summed E-state index contributed by atoms with van der Waals surface area (Å²) in [6.07, 6.45) is -0.565. The average Bonchev–Trinajstić information content (AvgIpc) is 2.27. The van der Waals surface area contributed by atoms with Crippen molar-refractivity contribution in [1.82, 2.24) is 4.90 Å². The Morgan fingerprint density at radius 1 is 1.28 bits per heavy atom. The number of halogens is 1. The maximum Gasteiger partial charge on any atom is 0.0916 e. The number of hydrogen-bond donors (Lipinski definition) is 2. The first-order valence-corrected chi connectivity index (χ1v) is 6.58. The number of hydrogen-bond acceptors (Lipinski definition) is 3. The number of nitrogens with zero attached hydrogens (tertiary/aromatic N) is 1. The van der Waals surface area contributed by atoms with Gasteiger partial charge in [0.05, 0.1) is 11.7 Å². The van der Waals surface area contributed by atoms with E-state index in [0.29, 0.717) is 18.1 Å². The van der Waals surface area contributed by atoms with Gasteiger partial charge in [0.1, 0.15) is 0 Å². The molecule has 0 amide bonds. The number of aliphatic hydroxyl groups excluding tert-OH is 1. The summed E-state index contributed by atoms with van der Waals surface area (Å²) in [5, 5.41) is 20.6. The van der Waals surface area contributed by atoms with Crippen molar-refractivity contribution >= 4 is 11.6 Å². The van der Waals surface area contributed by atoms with Crippen LogP contribution < -0.4 is 0 Å². The zero-order chi connectivity index (χ0) is 13.8. The minimum atomic E-state index is -0.754. The monoisotopic (exact) mass is 271 g/mol. The number of benzene rings is 1. The van der Waals surface area contributed by atoms with E-state index in [2.05, 4.69) is 0 Å². The van der Waals surface area contributed by atoms with Crippen molar-refractivity contribution in [1.29, 1.82) is 0 Å². The van der Waals surface area contributed by atoms with Gasteiger partial charge in [-0.15, -0.1) is 0 Å². The van der Waals surface area contributed by atoms with Crippen LogP contribution in [-0.4, -0.2) is 40.3 Å². The molecule has 0 heterocycles. The second kappa shape index (κ2) is 6.53. The summed E-state index contributed by atoms with van der Waals surface area (Å²) in [5.41, 5.74) is 0.0871. The molecule has 0 bridgehead atoms. The smallest absolute Gasteiger partial charge is 0.0916 e. The fourth-order valence-corrected chi connectivity index (χ4v) is 2.01. The normalized spacial score (nSPS) is 13.9. The molecule has 1 rings (SSSR count). The standard InChI is InChI=1S/C14H22ClNO2/c1-4-16(10-14(2,3)18)9-13(17)11-5-7-12(15)8-6-11/h5-8,13,17-18H,4,9-10H2,1-3H3. The van der Waals surface area contributed by atoms with E-state index in [1.807, 2.05) is 24.0 Å². The SMILES string of the molecule is CCN(CC(O)c1ccc(Cl)cc1)CC(C)(C)O. The van der Waals surface area contributed by atoms with Gasteiger partial charge in [0.15, 0.2) is 0 Å². The quantitative estimate of drug-likeness (QED) is 0.835. The van der Waals surface area contributed by atoms with Crippen molar-refractivity contribution in [3.8, 4) is 0 Å². The lowest BCUT2D eigenvalue weighted by atomic mass is 10.1. The van der Waals surface area contributed by atoms with E-state index in [1.165, 1.54) is 0 Å². The van der Waals surface area contributed by atoms with Crippen LogP contribution in [0.15, 0.2) is 24.3 Å². The van der Waals surface area contributed by atoms with Crippen molar-refractivity contribution in [2.24, 2.45) is 0 Å². The van der Waals surface area contributed by atoms with Crippen LogP contribution in [0.2, 0.25) is 5.02 Å². The van der Waals surface area contributed by atoms with Crippen LogP contribution in [0.4, 0.5) is 0 Å². The average molecular weight is 272 g/mol. The zero-order valence-electron chi connectivity index (χ0n) is 11.2. The maximum atomic E-state index is 10.1. The Labute approximate surface area is 114 Å². The van der Waals surface area contributed by atoms with Crippen molar-refractivity contribution in [2.45, 2.75) is 32.5 Å². The molecule has 0 saturated heterocycles. The summed E-state index contributed by atoms with van der Waals surface area (Å²) in [6.45, 7) is 7.37. The molecule has 1 aromatic carbocycles. The Morgan fingerprint density at radius 3 is 2.28 bits per heavy atom. The molecule has 3 nitrogen and oxygen atoms in total. The molecule has 1 unspecified atom stereocenters. The molecule has 102 valence electrons. The van der Waals surface area contributed by atoms with E-state index in [4.69, 9.17) is 11.6 Å². The highest BCUT2D eigenvalue weighted by atomic mass is 35.5. The van der Waals surface area contributed by atoms with Gasteiger partial charge in [-0.3, -0.25) is 4.90 Å². The molecule has 0 aliphatic rings. The lowest BCUT2D eigenvalue weighted by Crippen LogP contribution is -2.40. The Balaban J connectivity index is 2.61. The van der Waals surface area contributed by atoms with Gasteiger partial charge < -0.3 is 10.2 Å². The van der Waals surface area contributed by atoms with E-state index in [9.17, 15) is 10.2 Å². The van der Waals surface area contributed by atoms with Crippen molar-refractivity contribution in [2.75, 3.05) is 19.6 Å². The Morgan fingerprint density at radius 2 is 1.83 bits per heavy atom. The molecule has 0 aliphatic carbocycles. The van der Waals surface area contributed by atoms with Crippen LogP contribution in [0.1, 0.15) is 32.4 Å². The summed E-state index contributed by atoms with van der Waals surface area (Å²) in [4.78, 5) is 2.03. The zero-order valence-corrected chi connectivity index (χ0v) is 12.0. The highest BCUT2D eigenvalue weighted by molar-refractivity contribution is 6.30. The molecule has 0 radical (unpaired) electrons. The van der Waals surface area contributed by atoms with Gasteiger partial charge >= 0.3 is 0 Å². The van der Waals surface area contributed by atoms with Gasteiger partial charge in [-0.2, -0.15) is 0 Å². The third-order valence-corrected chi connectivity index (χ3v) is 3.00. The highest BCUT2D eigenvalue weighted by Gasteiger charge is 2.19. The molecule has 0 aromatic heterocycles. The molecule has 2 N–H and O–H groups in total. The summed E-state index contributed by atoms with van der Waals surface area (Å²) >= 11 is 5.81. The molecular weight excluding hydrogens is 250 g/mol. The maximum absolute atomic E-state index is 10.1. The molecule has 1 atom stereocenters.